The van der Waals surface area contributed by atoms with Crippen molar-refractivity contribution in [1.82, 2.24) is 9.27 Å². The number of ketones is 1. The smallest absolute Gasteiger partial charge is 0.261 e. The van der Waals surface area contributed by atoms with Crippen molar-refractivity contribution in [2.24, 2.45) is 0 Å². The molecule has 0 fully saturated rings. The molecule has 0 bridgehead atoms. The van der Waals surface area contributed by atoms with Gasteiger partial charge in [0.1, 0.15) is 0 Å². The third-order valence-electron chi connectivity index (χ3n) is 7.02. The number of anilines is 1. The molecule has 3 aromatic carbocycles. The third-order valence-corrected chi connectivity index (χ3v) is 7.83. The maximum absolute atomic E-state index is 13.5. The highest BCUT2D eigenvalue weighted by molar-refractivity contribution is 7.13. The summed E-state index contributed by atoms with van der Waals surface area (Å²) in [5, 5.41) is 13.0. The zero-order valence-corrected chi connectivity index (χ0v) is 20.6. The Hall–Kier alpha value is -4.21. The van der Waals surface area contributed by atoms with Gasteiger partial charge in [0.2, 0.25) is 0 Å². The highest BCUT2D eigenvalue weighted by atomic mass is 32.1. The van der Waals surface area contributed by atoms with Gasteiger partial charge in [-0.2, -0.15) is 4.37 Å². The maximum Gasteiger partial charge on any atom is 0.261 e. The van der Waals surface area contributed by atoms with Crippen LogP contribution in [0.1, 0.15) is 66.8 Å². The number of imide groups is 1. The second kappa shape index (κ2) is 8.72. The summed E-state index contributed by atoms with van der Waals surface area (Å²) in [4.78, 5) is 53.9. The normalized spacial score (nSPS) is 14.6. The number of nitrogens with one attached hydrogen (secondary N) is 1. The first-order chi connectivity index (χ1) is 17.9. The highest BCUT2D eigenvalue weighted by Gasteiger charge is 2.39. The predicted octanol–water partition coefficient (Wildman–Crippen LogP) is 4.52. The number of fused-ring (bicyclic) bond motifs is 3. The van der Waals surface area contributed by atoms with Crippen LogP contribution in [0, 0.1) is 0 Å². The Bertz CT molecular complexity index is 1660. The van der Waals surface area contributed by atoms with Crippen LogP contribution >= 0.6 is 11.5 Å². The number of benzene rings is 3. The van der Waals surface area contributed by atoms with Crippen LogP contribution in [0.25, 0.3) is 21.3 Å². The highest BCUT2D eigenvalue weighted by Crippen LogP contribution is 2.43. The van der Waals surface area contributed by atoms with E-state index in [0.29, 0.717) is 28.8 Å². The molecule has 3 amide bonds. The quantitative estimate of drug-likeness (QED) is 0.324. The van der Waals surface area contributed by atoms with Gasteiger partial charge in [0.25, 0.3) is 17.7 Å². The lowest BCUT2D eigenvalue weighted by atomic mass is 9.86. The topological polar surface area (TPSA) is 117 Å². The SMILES string of the molecule is CCC(CCO)N1C(=O)c2ccc(C(=O)Nc3cccc4c3C(=O)c3cccc5snc-4c35)cc2C1=O. The van der Waals surface area contributed by atoms with Crippen molar-refractivity contribution in [2.75, 3.05) is 11.9 Å². The minimum atomic E-state index is -0.507. The standard InChI is InChI=1S/C28H21N3O5S/c1-2-15(11-12-32)31-27(35)16-10-9-14(13-19(16)28(31)36)26(34)29-20-7-3-5-17-22(20)25(33)18-6-4-8-21-23(18)24(17)30-37-21/h3-10,13,15,32H,2,11-12H2,1H3,(H,29,34). The molecule has 1 aliphatic carbocycles. The van der Waals surface area contributed by atoms with Crippen molar-refractivity contribution in [2.45, 2.75) is 25.8 Å². The molecule has 6 rings (SSSR count). The summed E-state index contributed by atoms with van der Waals surface area (Å²) in [5.41, 5.74) is 3.22. The Morgan fingerprint density at radius 2 is 1.76 bits per heavy atom. The van der Waals surface area contributed by atoms with E-state index in [-0.39, 0.29) is 35.5 Å². The third kappa shape index (κ3) is 3.42. The van der Waals surface area contributed by atoms with E-state index in [1.807, 2.05) is 25.1 Å². The summed E-state index contributed by atoms with van der Waals surface area (Å²) in [6, 6.07) is 14.7. The second-order valence-electron chi connectivity index (χ2n) is 9.04. The zero-order chi connectivity index (χ0) is 25.8. The molecule has 0 radical (unpaired) electrons. The Labute approximate surface area is 215 Å². The molecule has 2 heterocycles. The average Bonchev–Trinajstić information content (AvgIpc) is 3.45. The summed E-state index contributed by atoms with van der Waals surface area (Å²) in [5.74, 6) is -1.61. The molecule has 0 spiro atoms. The van der Waals surface area contributed by atoms with Crippen LogP contribution in [-0.2, 0) is 0 Å². The lowest BCUT2D eigenvalue weighted by Gasteiger charge is -2.24. The van der Waals surface area contributed by atoms with E-state index < -0.39 is 23.8 Å². The first kappa shape index (κ1) is 23.2. The summed E-state index contributed by atoms with van der Waals surface area (Å²) < 4.78 is 5.49. The largest absolute Gasteiger partial charge is 0.396 e. The molecule has 0 saturated heterocycles. The molecular weight excluding hydrogens is 490 g/mol. The minimum absolute atomic E-state index is 0.142. The average molecular weight is 512 g/mol. The van der Waals surface area contributed by atoms with Gasteiger partial charge in [-0.05, 0) is 54.7 Å². The van der Waals surface area contributed by atoms with E-state index in [9.17, 15) is 24.3 Å². The summed E-state index contributed by atoms with van der Waals surface area (Å²) in [6.45, 7) is 1.70. The van der Waals surface area contributed by atoms with Gasteiger partial charge in [-0.15, -0.1) is 0 Å². The Morgan fingerprint density at radius 1 is 1.00 bits per heavy atom. The molecule has 0 saturated carbocycles. The number of aliphatic hydroxyl groups is 1. The Kier molecular flexibility index (Phi) is 5.47. The number of rotatable bonds is 6. The van der Waals surface area contributed by atoms with Gasteiger partial charge < -0.3 is 10.4 Å². The van der Waals surface area contributed by atoms with E-state index in [2.05, 4.69) is 9.69 Å². The van der Waals surface area contributed by atoms with Crippen molar-refractivity contribution < 1.29 is 24.3 Å². The molecule has 4 aromatic rings. The molecule has 2 N–H and O–H groups in total. The van der Waals surface area contributed by atoms with E-state index >= 15 is 0 Å². The van der Waals surface area contributed by atoms with Crippen molar-refractivity contribution in [3.05, 3.63) is 82.4 Å². The fourth-order valence-electron chi connectivity index (χ4n) is 5.19. The molecule has 1 aliphatic heterocycles. The van der Waals surface area contributed by atoms with Gasteiger partial charge in [0, 0.05) is 34.7 Å². The molecular formula is C28H21N3O5S. The van der Waals surface area contributed by atoms with Crippen LogP contribution in [0.4, 0.5) is 5.69 Å². The number of nitrogens with zero attached hydrogens (tertiary/aromatic N) is 2. The lowest BCUT2D eigenvalue weighted by molar-refractivity contribution is 0.0555. The van der Waals surface area contributed by atoms with Crippen molar-refractivity contribution in [3.63, 3.8) is 0 Å². The van der Waals surface area contributed by atoms with E-state index in [4.69, 9.17) is 0 Å². The molecule has 37 heavy (non-hydrogen) atoms. The van der Waals surface area contributed by atoms with Gasteiger partial charge in [-0.1, -0.05) is 31.2 Å². The van der Waals surface area contributed by atoms with Gasteiger partial charge >= 0.3 is 0 Å². The van der Waals surface area contributed by atoms with E-state index in [0.717, 1.165) is 15.8 Å². The Balaban J connectivity index is 1.34. The van der Waals surface area contributed by atoms with E-state index in [1.165, 1.54) is 34.6 Å². The van der Waals surface area contributed by atoms with Crippen LogP contribution in [0.3, 0.4) is 0 Å². The van der Waals surface area contributed by atoms with Crippen molar-refractivity contribution in [3.8, 4) is 11.3 Å². The minimum Gasteiger partial charge on any atom is -0.396 e. The lowest BCUT2D eigenvalue weighted by Crippen LogP contribution is -2.40. The summed E-state index contributed by atoms with van der Waals surface area (Å²) in [7, 11) is 0. The van der Waals surface area contributed by atoms with Crippen molar-refractivity contribution >= 4 is 50.8 Å². The number of carbonyl (C=O) groups is 4. The number of aliphatic hydroxyl groups excluding tert-OH is 1. The van der Waals surface area contributed by atoms with Gasteiger partial charge in [0.05, 0.1) is 32.8 Å². The number of hydrogen-bond acceptors (Lipinski definition) is 7. The van der Waals surface area contributed by atoms with Crippen LogP contribution in [-0.4, -0.2) is 50.5 Å². The fourth-order valence-corrected chi connectivity index (χ4v) is 6.01. The van der Waals surface area contributed by atoms with Gasteiger partial charge in [-0.25, -0.2) is 0 Å². The van der Waals surface area contributed by atoms with Crippen LogP contribution in [0.5, 0.6) is 0 Å². The number of carbonyl (C=O) groups excluding carboxylic acids is 4. The molecule has 184 valence electrons. The number of amides is 3. The maximum atomic E-state index is 13.5. The predicted molar refractivity (Wildman–Crippen MR) is 139 cm³/mol. The summed E-state index contributed by atoms with van der Waals surface area (Å²) in [6.07, 6.45) is 0.803. The second-order valence-corrected chi connectivity index (χ2v) is 9.84. The fraction of sp³-hybridized carbons (Fsp3) is 0.179. The van der Waals surface area contributed by atoms with E-state index in [1.54, 1.807) is 18.2 Å². The van der Waals surface area contributed by atoms with Crippen LogP contribution in [0.15, 0.2) is 54.6 Å². The molecule has 9 heteroatoms. The van der Waals surface area contributed by atoms with Crippen LogP contribution in [0.2, 0.25) is 0 Å². The first-order valence-electron chi connectivity index (χ1n) is 11.9. The molecule has 8 nitrogen and oxygen atoms in total. The molecule has 1 atom stereocenters. The molecule has 1 aromatic heterocycles. The monoisotopic (exact) mass is 511 g/mol. The Morgan fingerprint density at radius 3 is 2.54 bits per heavy atom. The first-order valence-corrected chi connectivity index (χ1v) is 12.7. The van der Waals surface area contributed by atoms with Crippen LogP contribution < -0.4 is 5.32 Å². The number of aromatic nitrogens is 1. The van der Waals surface area contributed by atoms with Gasteiger partial charge in [-0.3, -0.25) is 24.1 Å². The molecule has 2 aliphatic rings. The van der Waals surface area contributed by atoms with Gasteiger partial charge in [0.15, 0.2) is 5.78 Å². The molecule has 1 unspecified atom stereocenters. The summed E-state index contributed by atoms with van der Waals surface area (Å²) >= 11 is 1.33. The zero-order valence-electron chi connectivity index (χ0n) is 19.8. The number of hydrogen-bond donors (Lipinski definition) is 2. The van der Waals surface area contributed by atoms with Crippen molar-refractivity contribution in [1.29, 1.82) is 0 Å².